The van der Waals surface area contributed by atoms with Crippen molar-refractivity contribution in [2.24, 2.45) is 5.92 Å². The first-order valence-electron chi connectivity index (χ1n) is 7.94. The second-order valence-corrected chi connectivity index (χ2v) is 6.74. The summed E-state index contributed by atoms with van der Waals surface area (Å²) in [7, 11) is 0. The van der Waals surface area contributed by atoms with Gasteiger partial charge in [-0.15, -0.1) is 0 Å². The molecule has 0 N–H and O–H groups in total. The topological polar surface area (TPSA) is 63.7 Å². The Kier molecular flexibility index (Phi) is 5.30. The smallest absolute Gasteiger partial charge is 0.316 e. The average Bonchev–Trinajstić information content (AvgIpc) is 2.99. The van der Waals surface area contributed by atoms with Crippen LogP contribution in [0.5, 0.6) is 5.75 Å². The first kappa shape index (κ1) is 18.4. The molecule has 0 aromatic heterocycles. The maximum atomic E-state index is 12.5. The van der Waals surface area contributed by atoms with Crippen molar-refractivity contribution in [1.29, 1.82) is 0 Å². The third kappa shape index (κ3) is 3.59. The van der Waals surface area contributed by atoms with Gasteiger partial charge in [-0.3, -0.25) is 14.4 Å². The Hall–Kier alpha value is -2.37. The van der Waals surface area contributed by atoms with Crippen LogP contribution in [-0.2, 0) is 9.59 Å². The number of carbonyl (C=O) groups is 3. The minimum atomic E-state index is -0.655. The van der Waals surface area contributed by atoms with Crippen molar-refractivity contribution >= 4 is 46.5 Å². The van der Waals surface area contributed by atoms with Crippen molar-refractivity contribution in [1.82, 2.24) is 0 Å². The number of anilines is 1. The van der Waals surface area contributed by atoms with Gasteiger partial charge in [0, 0.05) is 13.0 Å². The number of hydrogen-bond acceptors (Lipinski definition) is 4. The summed E-state index contributed by atoms with van der Waals surface area (Å²) in [6.45, 7) is 1.54. The van der Waals surface area contributed by atoms with Gasteiger partial charge in [-0.2, -0.15) is 0 Å². The summed E-state index contributed by atoms with van der Waals surface area (Å²) < 4.78 is 5.38. The number of para-hydroxylation sites is 1. The summed E-state index contributed by atoms with van der Waals surface area (Å²) in [5, 5.41) is 0.594. The molecule has 7 heteroatoms. The van der Waals surface area contributed by atoms with Crippen molar-refractivity contribution in [3.8, 4) is 5.75 Å². The van der Waals surface area contributed by atoms with Gasteiger partial charge in [0.2, 0.25) is 5.91 Å². The number of esters is 1. The molecule has 1 amide bonds. The molecule has 1 atom stereocenters. The first-order chi connectivity index (χ1) is 12.4. The molecule has 26 heavy (non-hydrogen) atoms. The Morgan fingerprint density at radius 3 is 2.58 bits per heavy atom. The summed E-state index contributed by atoms with van der Waals surface area (Å²) in [6.07, 6.45) is 0.00388. The van der Waals surface area contributed by atoms with Gasteiger partial charge in [-0.05, 0) is 31.2 Å². The minimum Gasteiger partial charge on any atom is -0.425 e. The van der Waals surface area contributed by atoms with E-state index in [0.29, 0.717) is 16.3 Å². The van der Waals surface area contributed by atoms with Crippen molar-refractivity contribution in [3.63, 3.8) is 0 Å². The Morgan fingerprint density at radius 1 is 1.12 bits per heavy atom. The lowest BCUT2D eigenvalue weighted by molar-refractivity contribution is -0.139. The quantitative estimate of drug-likeness (QED) is 0.446. The lowest BCUT2D eigenvalue weighted by Gasteiger charge is -2.18. The van der Waals surface area contributed by atoms with E-state index < -0.39 is 11.9 Å². The molecule has 0 radical (unpaired) electrons. The summed E-state index contributed by atoms with van der Waals surface area (Å²) in [4.78, 5) is 37.9. The van der Waals surface area contributed by atoms with Gasteiger partial charge >= 0.3 is 5.97 Å². The maximum Gasteiger partial charge on any atom is 0.316 e. The molecule has 1 aliphatic heterocycles. The lowest BCUT2D eigenvalue weighted by atomic mass is 10.1. The SMILES string of the molecule is CC(=O)c1ccccc1OC(=O)[C@H]1CC(=O)N(c2cccc(Cl)c2Cl)C1. The van der Waals surface area contributed by atoms with E-state index in [1.165, 1.54) is 11.8 Å². The molecule has 0 aliphatic carbocycles. The van der Waals surface area contributed by atoms with E-state index in [0.717, 1.165) is 0 Å². The molecule has 3 rings (SSSR count). The number of carbonyl (C=O) groups excluding carboxylic acids is 3. The number of Topliss-reactive ketones (excluding diaryl/α,β-unsaturated/α-hetero) is 1. The van der Waals surface area contributed by atoms with E-state index in [1.807, 2.05) is 0 Å². The highest BCUT2D eigenvalue weighted by Crippen LogP contribution is 2.36. The van der Waals surface area contributed by atoms with E-state index in [4.69, 9.17) is 27.9 Å². The van der Waals surface area contributed by atoms with Crippen LogP contribution in [0.25, 0.3) is 0 Å². The molecular formula is C19H15Cl2NO4. The maximum absolute atomic E-state index is 12.5. The standard InChI is InChI=1S/C19H15Cl2NO4/c1-11(23)13-5-2-3-8-16(13)26-19(25)12-9-17(24)22(10-12)15-7-4-6-14(20)18(15)21/h2-8,12H,9-10H2,1H3/t12-/m0/s1. The van der Waals surface area contributed by atoms with E-state index in [1.54, 1.807) is 42.5 Å². The van der Waals surface area contributed by atoms with Gasteiger partial charge in [0.15, 0.2) is 5.78 Å². The highest BCUT2D eigenvalue weighted by Gasteiger charge is 2.37. The van der Waals surface area contributed by atoms with Gasteiger partial charge < -0.3 is 9.64 Å². The molecule has 1 saturated heterocycles. The fraction of sp³-hybridized carbons (Fsp3) is 0.211. The number of nitrogens with zero attached hydrogens (tertiary/aromatic N) is 1. The molecular weight excluding hydrogens is 377 g/mol. The van der Waals surface area contributed by atoms with Crippen molar-refractivity contribution < 1.29 is 19.1 Å². The molecule has 1 heterocycles. The summed E-state index contributed by atoms with van der Waals surface area (Å²) in [5.74, 6) is -1.47. The number of ketones is 1. The van der Waals surface area contributed by atoms with Gasteiger partial charge in [-0.1, -0.05) is 41.4 Å². The fourth-order valence-electron chi connectivity index (χ4n) is 2.84. The Morgan fingerprint density at radius 2 is 1.85 bits per heavy atom. The highest BCUT2D eigenvalue weighted by atomic mass is 35.5. The number of rotatable bonds is 4. The summed E-state index contributed by atoms with van der Waals surface area (Å²) in [6, 6.07) is 11.5. The molecule has 2 aromatic carbocycles. The second kappa shape index (κ2) is 7.48. The monoisotopic (exact) mass is 391 g/mol. The minimum absolute atomic E-state index is 0.00388. The molecule has 1 aliphatic rings. The van der Waals surface area contributed by atoms with E-state index in [2.05, 4.69) is 0 Å². The van der Waals surface area contributed by atoms with E-state index in [-0.39, 0.29) is 35.4 Å². The molecule has 0 spiro atoms. The fourth-order valence-corrected chi connectivity index (χ4v) is 3.23. The molecule has 0 unspecified atom stereocenters. The third-order valence-electron chi connectivity index (χ3n) is 4.16. The van der Waals surface area contributed by atoms with Gasteiger partial charge in [0.05, 0.1) is 27.2 Å². The number of benzene rings is 2. The normalized spacial score (nSPS) is 16.7. The molecule has 2 aromatic rings. The molecule has 0 saturated carbocycles. The Balaban J connectivity index is 1.78. The van der Waals surface area contributed by atoms with E-state index >= 15 is 0 Å². The third-order valence-corrected chi connectivity index (χ3v) is 4.97. The lowest BCUT2D eigenvalue weighted by Crippen LogP contribution is -2.27. The first-order valence-corrected chi connectivity index (χ1v) is 8.70. The number of ether oxygens (including phenoxy) is 1. The van der Waals surface area contributed by atoms with Gasteiger partial charge in [0.25, 0.3) is 0 Å². The zero-order valence-electron chi connectivity index (χ0n) is 13.9. The zero-order valence-corrected chi connectivity index (χ0v) is 15.4. The van der Waals surface area contributed by atoms with Crippen molar-refractivity contribution in [2.45, 2.75) is 13.3 Å². The van der Waals surface area contributed by atoms with Crippen LogP contribution < -0.4 is 9.64 Å². The number of hydrogen-bond donors (Lipinski definition) is 0. The van der Waals surface area contributed by atoms with Crippen molar-refractivity contribution in [3.05, 3.63) is 58.1 Å². The predicted molar refractivity (Wildman–Crippen MR) is 99.0 cm³/mol. The van der Waals surface area contributed by atoms with Crippen LogP contribution in [0.1, 0.15) is 23.7 Å². The average molecular weight is 392 g/mol. The van der Waals surface area contributed by atoms with Crippen LogP contribution >= 0.6 is 23.2 Å². The van der Waals surface area contributed by atoms with Crippen LogP contribution in [0.4, 0.5) is 5.69 Å². The van der Waals surface area contributed by atoms with Crippen LogP contribution in [0.15, 0.2) is 42.5 Å². The Bertz CT molecular complexity index is 897. The van der Waals surface area contributed by atoms with Gasteiger partial charge in [-0.25, -0.2) is 0 Å². The summed E-state index contributed by atoms with van der Waals surface area (Å²) in [5.41, 5.74) is 0.781. The Labute approximate surface area is 160 Å². The van der Waals surface area contributed by atoms with Crippen LogP contribution in [0.2, 0.25) is 10.0 Å². The van der Waals surface area contributed by atoms with Crippen LogP contribution in [0, 0.1) is 5.92 Å². The van der Waals surface area contributed by atoms with Gasteiger partial charge in [0.1, 0.15) is 5.75 Å². The zero-order chi connectivity index (χ0) is 18.8. The molecule has 0 bridgehead atoms. The predicted octanol–water partition coefficient (Wildman–Crippen LogP) is 4.15. The molecule has 1 fully saturated rings. The number of halogens is 2. The van der Waals surface area contributed by atoms with Crippen LogP contribution in [-0.4, -0.2) is 24.2 Å². The van der Waals surface area contributed by atoms with Crippen molar-refractivity contribution in [2.75, 3.05) is 11.4 Å². The largest absolute Gasteiger partial charge is 0.425 e. The summed E-state index contributed by atoms with van der Waals surface area (Å²) >= 11 is 12.2. The van der Waals surface area contributed by atoms with Crippen LogP contribution in [0.3, 0.4) is 0 Å². The second-order valence-electron chi connectivity index (χ2n) is 5.95. The van der Waals surface area contributed by atoms with E-state index in [9.17, 15) is 14.4 Å². The molecule has 5 nitrogen and oxygen atoms in total. The number of amides is 1. The highest BCUT2D eigenvalue weighted by molar-refractivity contribution is 6.44. The molecule has 134 valence electrons.